The highest BCUT2D eigenvalue weighted by Gasteiger charge is 2.23. The maximum atomic E-state index is 13.5. The first kappa shape index (κ1) is 10.4. The number of nitrogens with one attached hydrogen (secondary N) is 1. The predicted molar refractivity (Wildman–Crippen MR) is 55.9 cm³/mol. The highest BCUT2D eigenvalue weighted by Crippen LogP contribution is 2.25. The number of halogens is 2. The number of alkyl carbamates (subject to hydrolysis) is 1. The van der Waals surface area contributed by atoms with E-state index < -0.39 is 6.09 Å². The van der Waals surface area contributed by atoms with Crippen LogP contribution in [0.25, 0.3) is 0 Å². The van der Waals surface area contributed by atoms with Crippen LogP contribution in [0.1, 0.15) is 18.0 Å². The molecule has 0 aliphatic carbocycles. The number of benzene rings is 1. The number of carbonyl (C=O) groups excluding carboxylic acids is 1. The quantitative estimate of drug-likeness (QED) is 0.855. The van der Waals surface area contributed by atoms with E-state index in [9.17, 15) is 9.18 Å². The normalized spacial score (nSPS) is 20.7. The molecule has 80 valence electrons. The molecule has 3 nitrogen and oxygen atoms in total. The Morgan fingerprint density at radius 1 is 1.53 bits per heavy atom. The number of hydrogen-bond donors (Lipinski definition) is 1. The van der Waals surface area contributed by atoms with Crippen molar-refractivity contribution in [1.82, 2.24) is 5.32 Å². The van der Waals surface area contributed by atoms with Crippen LogP contribution in [0.15, 0.2) is 22.7 Å². The summed E-state index contributed by atoms with van der Waals surface area (Å²) in [6, 6.07) is 4.37. The predicted octanol–water partition coefficient (Wildman–Crippen LogP) is 2.76. The van der Waals surface area contributed by atoms with Crippen molar-refractivity contribution < 1.29 is 13.9 Å². The Labute approximate surface area is 94.7 Å². The molecule has 1 aromatic rings. The van der Waals surface area contributed by atoms with Gasteiger partial charge in [-0.25, -0.2) is 9.18 Å². The molecule has 0 saturated carbocycles. The lowest BCUT2D eigenvalue weighted by Crippen LogP contribution is -2.35. The van der Waals surface area contributed by atoms with E-state index in [2.05, 4.69) is 21.2 Å². The van der Waals surface area contributed by atoms with Gasteiger partial charge in [-0.2, -0.15) is 0 Å². The summed E-state index contributed by atoms with van der Waals surface area (Å²) in [4.78, 5) is 11.0. The average Bonchev–Trinajstić information content (AvgIpc) is 2.22. The third-order valence-electron chi connectivity index (χ3n) is 2.27. The minimum atomic E-state index is -0.495. The zero-order valence-corrected chi connectivity index (χ0v) is 9.38. The van der Waals surface area contributed by atoms with Crippen LogP contribution in [-0.2, 0) is 4.74 Å². The zero-order chi connectivity index (χ0) is 10.8. The Hall–Kier alpha value is -1.10. The number of carbonyl (C=O) groups is 1. The van der Waals surface area contributed by atoms with Crippen LogP contribution in [0.5, 0.6) is 0 Å². The first-order valence-corrected chi connectivity index (χ1v) is 5.34. The van der Waals surface area contributed by atoms with Gasteiger partial charge in [-0.15, -0.1) is 0 Å². The van der Waals surface area contributed by atoms with Crippen LogP contribution in [-0.4, -0.2) is 12.7 Å². The van der Waals surface area contributed by atoms with Crippen molar-refractivity contribution in [2.75, 3.05) is 6.61 Å². The van der Waals surface area contributed by atoms with E-state index >= 15 is 0 Å². The van der Waals surface area contributed by atoms with Gasteiger partial charge in [-0.05, 0) is 18.2 Å². The standard InChI is InChI=1S/C10H9BrFNO2/c11-6-1-2-8(12)7(5-6)9-3-4-15-10(14)13-9/h1-2,5,9H,3-4H2,(H,13,14)/t9-/m0/s1. The van der Waals surface area contributed by atoms with Crippen LogP contribution < -0.4 is 5.32 Å². The number of ether oxygens (including phenoxy) is 1. The Morgan fingerprint density at radius 3 is 3.07 bits per heavy atom. The molecule has 1 saturated heterocycles. The molecule has 1 aromatic carbocycles. The van der Waals surface area contributed by atoms with Gasteiger partial charge in [-0.1, -0.05) is 15.9 Å². The van der Waals surface area contributed by atoms with Gasteiger partial charge in [0.05, 0.1) is 12.6 Å². The molecule has 1 atom stereocenters. The van der Waals surface area contributed by atoms with Crippen molar-refractivity contribution in [2.45, 2.75) is 12.5 Å². The van der Waals surface area contributed by atoms with Crippen molar-refractivity contribution in [3.8, 4) is 0 Å². The third kappa shape index (κ3) is 2.28. The van der Waals surface area contributed by atoms with Crippen molar-refractivity contribution in [3.05, 3.63) is 34.1 Å². The highest BCUT2D eigenvalue weighted by molar-refractivity contribution is 9.10. The maximum Gasteiger partial charge on any atom is 0.407 e. The molecule has 1 heterocycles. The molecule has 0 radical (unpaired) electrons. The van der Waals surface area contributed by atoms with E-state index in [1.54, 1.807) is 12.1 Å². The fraction of sp³-hybridized carbons (Fsp3) is 0.300. The molecule has 1 aliphatic rings. The molecular formula is C10H9BrFNO2. The Kier molecular flexibility index (Phi) is 2.90. The highest BCUT2D eigenvalue weighted by atomic mass is 79.9. The lowest BCUT2D eigenvalue weighted by atomic mass is 10.0. The van der Waals surface area contributed by atoms with E-state index in [1.165, 1.54) is 6.07 Å². The Bertz CT molecular complexity index is 397. The molecule has 1 fully saturated rings. The van der Waals surface area contributed by atoms with E-state index in [-0.39, 0.29) is 11.9 Å². The van der Waals surface area contributed by atoms with Gasteiger partial charge in [0.25, 0.3) is 0 Å². The average molecular weight is 274 g/mol. The van der Waals surface area contributed by atoms with Crippen molar-refractivity contribution in [3.63, 3.8) is 0 Å². The molecule has 1 aliphatic heterocycles. The monoisotopic (exact) mass is 273 g/mol. The van der Waals surface area contributed by atoms with Gasteiger partial charge in [0.1, 0.15) is 5.82 Å². The number of amides is 1. The molecular weight excluding hydrogens is 265 g/mol. The van der Waals surface area contributed by atoms with Crippen LogP contribution >= 0.6 is 15.9 Å². The van der Waals surface area contributed by atoms with Crippen LogP contribution in [0, 0.1) is 5.82 Å². The lowest BCUT2D eigenvalue weighted by molar-refractivity contribution is 0.115. The summed E-state index contributed by atoms with van der Waals surface area (Å²) in [7, 11) is 0. The van der Waals surface area contributed by atoms with Crippen molar-refractivity contribution >= 4 is 22.0 Å². The molecule has 15 heavy (non-hydrogen) atoms. The summed E-state index contributed by atoms with van der Waals surface area (Å²) in [6.45, 7) is 0.322. The summed E-state index contributed by atoms with van der Waals surface area (Å²) in [6.07, 6.45) is 0.0877. The van der Waals surface area contributed by atoms with Gasteiger partial charge >= 0.3 is 6.09 Å². The molecule has 5 heteroatoms. The Balaban J connectivity index is 2.27. The van der Waals surface area contributed by atoms with Gasteiger partial charge < -0.3 is 10.1 Å². The minimum Gasteiger partial charge on any atom is -0.449 e. The molecule has 1 N–H and O–H groups in total. The molecule has 0 unspecified atom stereocenters. The number of rotatable bonds is 1. The second-order valence-corrected chi connectivity index (χ2v) is 4.20. The topological polar surface area (TPSA) is 38.3 Å². The maximum absolute atomic E-state index is 13.5. The van der Waals surface area contributed by atoms with E-state index in [4.69, 9.17) is 4.74 Å². The van der Waals surface area contributed by atoms with Gasteiger partial charge in [0.15, 0.2) is 0 Å². The molecule has 0 aromatic heterocycles. The summed E-state index contributed by atoms with van der Waals surface area (Å²) in [5, 5.41) is 2.58. The first-order valence-electron chi connectivity index (χ1n) is 4.55. The fourth-order valence-corrected chi connectivity index (χ4v) is 1.92. The second-order valence-electron chi connectivity index (χ2n) is 3.29. The Morgan fingerprint density at radius 2 is 2.33 bits per heavy atom. The van der Waals surface area contributed by atoms with Crippen LogP contribution in [0.4, 0.5) is 9.18 Å². The van der Waals surface area contributed by atoms with Gasteiger partial charge in [0.2, 0.25) is 0 Å². The van der Waals surface area contributed by atoms with Crippen molar-refractivity contribution in [1.29, 1.82) is 0 Å². The smallest absolute Gasteiger partial charge is 0.407 e. The number of hydrogen-bond acceptors (Lipinski definition) is 2. The molecule has 0 bridgehead atoms. The van der Waals surface area contributed by atoms with Crippen molar-refractivity contribution in [2.24, 2.45) is 0 Å². The second kappa shape index (κ2) is 4.18. The summed E-state index contributed by atoms with van der Waals surface area (Å²) >= 11 is 3.27. The lowest BCUT2D eigenvalue weighted by Gasteiger charge is -2.24. The zero-order valence-electron chi connectivity index (χ0n) is 7.80. The van der Waals surface area contributed by atoms with E-state index in [1.807, 2.05) is 0 Å². The summed E-state index contributed by atoms with van der Waals surface area (Å²) in [5.41, 5.74) is 0.487. The minimum absolute atomic E-state index is 0.302. The van der Waals surface area contributed by atoms with E-state index in [0.29, 0.717) is 18.6 Å². The fourth-order valence-electron chi connectivity index (χ4n) is 1.54. The summed E-state index contributed by atoms with van der Waals surface area (Å²) in [5.74, 6) is -0.314. The largest absolute Gasteiger partial charge is 0.449 e. The van der Waals surface area contributed by atoms with Crippen LogP contribution in [0.3, 0.4) is 0 Å². The van der Waals surface area contributed by atoms with Gasteiger partial charge in [0, 0.05) is 16.5 Å². The van der Waals surface area contributed by atoms with Crippen LogP contribution in [0.2, 0.25) is 0 Å². The summed E-state index contributed by atoms with van der Waals surface area (Å²) < 4.78 is 19.0. The molecule has 2 rings (SSSR count). The van der Waals surface area contributed by atoms with Gasteiger partial charge in [-0.3, -0.25) is 0 Å². The number of cyclic esters (lactones) is 1. The SMILES string of the molecule is O=C1N[C@H](c2cc(Br)ccc2F)CCO1. The molecule has 1 amide bonds. The molecule has 0 spiro atoms. The van der Waals surface area contributed by atoms with E-state index in [0.717, 1.165) is 4.47 Å². The third-order valence-corrected chi connectivity index (χ3v) is 2.76. The first-order chi connectivity index (χ1) is 7.16.